The van der Waals surface area contributed by atoms with Gasteiger partial charge in [0.05, 0.1) is 25.9 Å². The van der Waals surface area contributed by atoms with Crippen LogP contribution in [0.1, 0.15) is 15.9 Å². The third-order valence-electron chi connectivity index (χ3n) is 3.26. The van der Waals surface area contributed by atoms with Crippen LogP contribution in [0.25, 0.3) is 0 Å². The predicted octanol–water partition coefficient (Wildman–Crippen LogP) is 0.118. The molecule has 1 fully saturated rings. The molecule has 1 saturated heterocycles. The summed E-state index contributed by atoms with van der Waals surface area (Å²) in [7, 11) is 0. The van der Waals surface area contributed by atoms with Crippen molar-refractivity contribution in [3.8, 4) is 0 Å². The highest BCUT2D eigenvalue weighted by molar-refractivity contribution is 5.92. The molecule has 3 N–H and O–H groups in total. The van der Waals surface area contributed by atoms with Crippen molar-refractivity contribution in [1.82, 2.24) is 4.90 Å². The van der Waals surface area contributed by atoms with Gasteiger partial charge in [-0.2, -0.15) is 0 Å². The Balaban J connectivity index is 2.17. The van der Waals surface area contributed by atoms with Crippen molar-refractivity contribution in [1.29, 1.82) is 0 Å². The second kappa shape index (κ2) is 6.10. The van der Waals surface area contributed by atoms with Crippen molar-refractivity contribution in [2.75, 3.05) is 26.4 Å². The molecule has 1 heterocycles. The topological polar surface area (TPSA) is 75.8 Å². The quantitative estimate of drug-likeness (QED) is 0.813. The number of nitrogens with two attached hydrogens (primary N) is 1. The Bertz CT molecular complexity index is 467. The fourth-order valence-electron chi connectivity index (χ4n) is 2.13. The Morgan fingerprint density at radius 2 is 2.37 bits per heavy atom. The molecule has 1 aliphatic rings. The summed E-state index contributed by atoms with van der Waals surface area (Å²) in [6.45, 7) is 1.87. The van der Waals surface area contributed by atoms with Gasteiger partial charge in [0, 0.05) is 24.2 Å². The molecule has 1 aromatic rings. The molecular weight excluding hydrogens is 251 g/mol. The second-order valence-electron chi connectivity index (χ2n) is 4.55. The SMILES string of the molecule is NC(=O)c1ccc(F)c(CN2CCOCC2CO)c1. The van der Waals surface area contributed by atoms with Gasteiger partial charge >= 0.3 is 0 Å². The first-order chi connectivity index (χ1) is 9.11. The van der Waals surface area contributed by atoms with Crippen molar-refractivity contribution in [3.63, 3.8) is 0 Å². The lowest BCUT2D eigenvalue weighted by molar-refractivity contribution is -0.0316. The highest BCUT2D eigenvalue weighted by atomic mass is 19.1. The Morgan fingerprint density at radius 3 is 3.05 bits per heavy atom. The van der Waals surface area contributed by atoms with Crippen LogP contribution in [0.2, 0.25) is 0 Å². The minimum absolute atomic E-state index is 0.0445. The zero-order chi connectivity index (χ0) is 13.8. The fraction of sp³-hybridized carbons (Fsp3) is 0.462. The Kier molecular flexibility index (Phi) is 4.47. The van der Waals surface area contributed by atoms with Gasteiger partial charge in [-0.25, -0.2) is 4.39 Å². The van der Waals surface area contributed by atoms with E-state index in [4.69, 9.17) is 10.5 Å². The average molecular weight is 268 g/mol. The molecule has 0 saturated carbocycles. The van der Waals surface area contributed by atoms with Gasteiger partial charge in [0.2, 0.25) is 5.91 Å². The number of morpholine rings is 1. The first kappa shape index (κ1) is 13.9. The molecule has 0 bridgehead atoms. The molecular formula is C13H17FN2O3. The first-order valence-electron chi connectivity index (χ1n) is 6.12. The average Bonchev–Trinajstić information content (AvgIpc) is 2.41. The molecule has 19 heavy (non-hydrogen) atoms. The molecule has 2 rings (SSSR count). The molecule has 0 radical (unpaired) electrons. The van der Waals surface area contributed by atoms with Crippen molar-refractivity contribution in [2.45, 2.75) is 12.6 Å². The van der Waals surface area contributed by atoms with Crippen LogP contribution in [0.4, 0.5) is 4.39 Å². The van der Waals surface area contributed by atoms with Crippen LogP contribution < -0.4 is 5.73 Å². The van der Waals surface area contributed by atoms with E-state index in [0.29, 0.717) is 31.9 Å². The lowest BCUT2D eigenvalue weighted by atomic mass is 10.1. The van der Waals surface area contributed by atoms with Crippen molar-refractivity contribution in [2.24, 2.45) is 5.73 Å². The summed E-state index contributed by atoms with van der Waals surface area (Å²) in [4.78, 5) is 13.0. The molecule has 0 spiro atoms. The third kappa shape index (κ3) is 3.28. The summed E-state index contributed by atoms with van der Waals surface area (Å²) < 4.78 is 19.0. The highest BCUT2D eigenvalue weighted by Gasteiger charge is 2.23. The molecule has 0 aliphatic carbocycles. The third-order valence-corrected chi connectivity index (χ3v) is 3.26. The van der Waals surface area contributed by atoms with Crippen LogP contribution >= 0.6 is 0 Å². The summed E-state index contributed by atoms with van der Waals surface area (Å²) in [6.07, 6.45) is 0. The number of carbonyl (C=O) groups is 1. The number of rotatable bonds is 4. The smallest absolute Gasteiger partial charge is 0.248 e. The molecule has 5 nitrogen and oxygen atoms in total. The van der Waals surface area contributed by atoms with Gasteiger partial charge in [-0.3, -0.25) is 9.69 Å². The largest absolute Gasteiger partial charge is 0.395 e. The summed E-state index contributed by atoms with van der Waals surface area (Å²) in [6, 6.07) is 3.92. The molecule has 0 aromatic heterocycles. The van der Waals surface area contributed by atoms with E-state index < -0.39 is 5.91 Å². The number of hydrogen-bond donors (Lipinski definition) is 2. The molecule has 6 heteroatoms. The normalized spacial score (nSPS) is 20.4. The van der Waals surface area contributed by atoms with Gasteiger partial charge in [0.15, 0.2) is 0 Å². The molecule has 1 aromatic carbocycles. The number of amides is 1. The number of aliphatic hydroxyl groups excluding tert-OH is 1. The lowest BCUT2D eigenvalue weighted by Crippen LogP contribution is -2.47. The van der Waals surface area contributed by atoms with E-state index >= 15 is 0 Å². The zero-order valence-electron chi connectivity index (χ0n) is 10.5. The van der Waals surface area contributed by atoms with Crippen LogP contribution in [-0.2, 0) is 11.3 Å². The Morgan fingerprint density at radius 1 is 1.58 bits per heavy atom. The highest BCUT2D eigenvalue weighted by Crippen LogP contribution is 2.16. The van der Waals surface area contributed by atoms with Crippen molar-refractivity contribution < 1.29 is 19.0 Å². The maximum Gasteiger partial charge on any atom is 0.248 e. The first-order valence-corrected chi connectivity index (χ1v) is 6.12. The van der Waals surface area contributed by atoms with Crippen molar-refractivity contribution in [3.05, 3.63) is 35.1 Å². The van der Waals surface area contributed by atoms with E-state index in [2.05, 4.69) is 0 Å². The fourth-order valence-corrected chi connectivity index (χ4v) is 2.13. The van der Waals surface area contributed by atoms with E-state index in [1.54, 1.807) is 0 Å². The molecule has 1 amide bonds. The van der Waals surface area contributed by atoms with Gasteiger partial charge in [-0.15, -0.1) is 0 Å². The number of ether oxygens (including phenoxy) is 1. The van der Waals surface area contributed by atoms with Crippen LogP contribution in [-0.4, -0.2) is 48.3 Å². The number of benzene rings is 1. The van der Waals surface area contributed by atoms with Gasteiger partial charge in [-0.05, 0) is 18.2 Å². The van der Waals surface area contributed by atoms with E-state index in [1.165, 1.54) is 18.2 Å². The number of hydrogen-bond acceptors (Lipinski definition) is 4. The summed E-state index contributed by atoms with van der Waals surface area (Å²) in [5.74, 6) is -0.963. The summed E-state index contributed by atoms with van der Waals surface area (Å²) in [5.41, 5.74) is 5.87. The lowest BCUT2D eigenvalue weighted by Gasteiger charge is -2.34. The van der Waals surface area contributed by atoms with Gasteiger partial charge < -0.3 is 15.6 Å². The van der Waals surface area contributed by atoms with Crippen LogP contribution in [0, 0.1) is 5.82 Å². The predicted molar refractivity (Wildman–Crippen MR) is 67.0 cm³/mol. The van der Waals surface area contributed by atoms with Crippen LogP contribution in [0.3, 0.4) is 0 Å². The van der Waals surface area contributed by atoms with Gasteiger partial charge in [-0.1, -0.05) is 0 Å². The van der Waals surface area contributed by atoms with E-state index in [1.807, 2.05) is 4.90 Å². The summed E-state index contributed by atoms with van der Waals surface area (Å²) >= 11 is 0. The monoisotopic (exact) mass is 268 g/mol. The molecule has 104 valence electrons. The Labute approximate surface area is 110 Å². The van der Waals surface area contributed by atoms with E-state index in [-0.39, 0.29) is 24.0 Å². The van der Waals surface area contributed by atoms with Gasteiger partial charge in [0.25, 0.3) is 0 Å². The molecule has 1 aliphatic heterocycles. The van der Waals surface area contributed by atoms with E-state index in [9.17, 15) is 14.3 Å². The minimum Gasteiger partial charge on any atom is -0.395 e. The minimum atomic E-state index is -0.582. The number of nitrogens with zero attached hydrogens (tertiary/aromatic N) is 1. The van der Waals surface area contributed by atoms with E-state index in [0.717, 1.165) is 0 Å². The Hall–Kier alpha value is -1.50. The standard InChI is InChI=1S/C13H17FN2O3/c14-12-2-1-9(13(15)18)5-10(12)6-16-3-4-19-8-11(16)7-17/h1-2,5,11,17H,3-4,6-8H2,(H2,15,18). The van der Waals surface area contributed by atoms with Gasteiger partial charge in [0.1, 0.15) is 5.82 Å². The number of primary amides is 1. The van der Waals surface area contributed by atoms with Crippen LogP contribution in [0.15, 0.2) is 18.2 Å². The number of halogens is 1. The van der Waals surface area contributed by atoms with Crippen LogP contribution in [0.5, 0.6) is 0 Å². The number of carbonyl (C=O) groups excluding carboxylic acids is 1. The molecule has 1 unspecified atom stereocenters. The summed E-state index contributed by atoms with van der Waals surface area (Å²) in [5, 5.41) is 9.26. The molecule has 1 atom stereocenters. The second-order valence-corrected chi connectivity index (χ2v) is 4.55. The maximum absolute atomic E-state index is 13.7. The maximum atomic E-state index is 13.7. The zero-order valence-corrected chi connectivity index (χ0v) is 10.5. The van der Waals surface area contributed by atoms with Crippen molar-refractivity contribution >= 4 is 5.91 Å². The number of aliphatic hydroxyl groups is 1.